The van der Waals surface area contributed by atoms with E-state index in [0.29, 0.717) is 12.3 Å². The second kappa shape index (κ2) is 5.58. The lowest BCUT2D eigenvalue weighted by molar-refractivity contribution is -0.128. The number of hydrogen-bond acceptors (Lipinski definition) is 2. The summed E-state index contributed by atoms with van der Waals surface area (Å²) >= 11 is 4.29. The van der Waals surface area contributed by atoms with Gasteiger partial charge in [-0.25, -0.2) is 0 Å². The van der Waals surface area contributed by atoms with Crippen molar-refractivity contribution < 1.29 is 4.79 Å². The molecular formula is C16H23NOS. The zero-order chi connectivity index (χ0) is 14.0. The van der Waals surface area contributed by atoms with Crippen molar-refractivity contribution in [2.24, 2.45) is 5.92 Å². The van der Waals surface area contributed by atoms with Crippen LogP contribution in [0.3, 0.4) is 0 Å². The fraction of sp³-hybridized carbons (Fsp3) is 0.562. The molecule has 0 N–H and O–H groups in total. The molecule has 0 bridgehead atoms. The number of likely N-dealkylation sites (tertiary alicyclic amines) is 1. The van der Waals surface area contributed by atoms with E-state index < -0.39 is 0 Å². The molecule has 1 amide bonds. The summed E-state index contributed by atoms with van der Waals surface area (Å²) in [6, 6.07) is 8.63. The third-order valence-corrected chi connectivity index (χ3v) is 4.26. The zero-order valence-electron chi connectivity index (χ0n) is 12.0. The molecule has 1 aromatic carbocycles. The van der Waals surface area contributed by atoms with Crippen LogP contribution in [-0.4, -0.2) is 23.1 Å². The molecule has 2 nitrogen and oxygen atoms in total. The summed E-state index contributed by atoms with van der Waals surface area (Å²) in [5, 5.41) is 0. The number of nitrogens with zero attached hydrogens (tertiary/aromatic N) is 1. The number of carbonyl (C=O) groups excluding carboxylic acids is 1. The first-order valence-corrected chi connectivity index (χ1v) is 7.51. The van der Waals surface area contributed by atoms with Gasteiger partial charge in [-0.1, -0.05) is 45.0 Å². The van der Waals surface area contributed by atoms with Crippen LogP contribution in [0, 0.1) is 5.92 Å². The van der Waals surface area contributed by atoms with Crippen LogP contribution in [0.2, 0.25) is 0 Å². The number of rotatable bonds is 3. The summed E-state index contributed by atoms with van der Waals surface area (Å²) in [4.78, 5) is 13.8. The van der Waals surface area contributed by atoms with E-state index >= 15 is 0 Å². The fourth-order valence-electron chi connectivity index (χ4n) is 2.46. The van der Waals surface area contributed by atoms with Gasteiger partial charge in [-0.15, -0.1) is 0 Å². The standard InChI is InChI=1S/C16H23NOS/c1-16(2,3)14-6-4-12(5-7-14)9-17-10-13(11-19)8-15(17)18/h4-7,13,19H,8-11H2,1-3H3. The van der Waals surface area contributed by atoms with E-state index in [4.69, 9.17) is 0 Å². The molecule has 1 heterocycles. The number of benzene rings is 1. The van der Waals surface area contributed by atoms with Crippen LogP contribution >= 0.6 is 12.6 Å². The maximum atomic E-state index is 11.9. The molecule has 1 aliphatic heterocycles. The molecule has 1 aliphatic rings. The van der Waals surface area contributed by atoms with E-state index in [9.17, 15) is 4.79 Å². The van der Waals surface area contributed by atoms with E-state index in [0.717, 1.165) is 18.8 Å². The van der Waals surface area contributed by atoms with Crippen molar-refractivity contribution in [3.63, 3.8) is 0 Å². The Balaban J connectivity index is 2.02. The SMILES string of the molecule is CC(C)(C)c1ccc(CN2CC(CS)CC2=O)cc1. The summed E-state index contributed by atoms with van der Waals surface area (Å²) in [5.41, 5.74) is 2.72. The molecular weight excluding hydrogens is 254 g/mol. The van der Waals surface area contributed by atoms with E-state index in [1.165, 1.54) is 11.1 Å². The van der Waals surface area contributed by atoms with Crippen molar-refractivity contribution in [3.8, 4) is 0 Å². The van der Waals surface area contributed by atoms with E-state index in [1.54, 1.807) is 0 Å². The number of carbonyl (C=O) groups is 1. The van der Waals surface area contributed by atoms with Gasteiger partial charge in [0.2, 0.25) is 5.91 Å². The van der Waals surface area contributed by atoms with E-state index in [1.807, 2.05) is 4.90 Å². The van der Waals surface area contributed by atoms with Crippen LogP contribution in [0.25, 0.3) is 0 Å². The van der Waals surface area contributed by atoms with Crippen LogP contribution in [0.15, 0.2) is 24.3 Å². The lowest BCUT2D eigenvalue weighted by Crippen LogP contribution is -2.24. The van der Waals surface area contributed by atoms with Crippen molar-refractivity contribution in [2.75, 3.05) is 12.3 Å². The molecule has 1 unspecified atom stereocenters. The molecule has 1 atom stereocenters. The predicted octanol–water partition coefficient (Wildman–Crippen LogP) is 3.26. The highest BCUT2D eigenvalue weighted by Gasteiger charge is 2.28. The number of amides is 1. The van der Waals surface area contributed by atoms with Crippen LogP contribution in [-0.2, 0) is 16.8 Å². The first-order chi connectivity index (χ1) is 8.90. The fourth-order valence-corrected chi connectivity index (χ4v) is 2.70. The summed E-state index contributed by atoms with van der Waals surface area (Å²) in [6.45, 7) is 8.22. The van der Waals surface area contributed by atoms with Gasteiger partial charge in [-0.2, -0.15) is 12.6 Å². The lowest BCUT2D eigenvalue weighted by Gasteiger charge is -2.20. The molecule has 0 saturated carbocycles. The quantitative estimate of drug-likeness (QED) is 0.841. The minimum atomic E-state index is 0.180. The normalized spacial score (nSPS) is 20.1. The molecule has 0 aliphatic carbocycles. The molecule has 0 spiro atoms. The minimum absolute atomic E-state index is 0.180. The van der Waals surface area contributed by atoms with Gasteiger partial charge < -0.3 is 4.90 Å². The Morgan fingerprint density at radius 1 is 1.26 bits per heavy atom. The number of thiol groups is 1. The van der Waals surface area contributed by atoms with Gasteiger partial charge >= 0.3 is 0 Å². The van der Waals surface area contributed by atoms with Crippen LogP contribution in [0.4, 0.5) is 0 Å². The third kappa shape index (κ3) is 3.53. The van der Waals surface area contributed by atoms with Crippen molar-refractivity contribution in [3.05, 3.63) is 35.4 Å². The summed E-state index contributed by atoms with van der Waals surface area (Å²) < 4.78 is 0. The summed E-state index contributed by atoms with van der Waals surface area (Å²) in [5.74, 6) is 1.48. The zero-order valence-corrected chi connectivity index (χ0v) is 12.9. The molecule has 0 radical (unpaired) electrons. The van der Waals surface area contributed by atoms with Gasteiger partial charge in [0.25, 0.3) is 0 Å². The van der Waals surface area contributed by atoms with E-state index in [2.05, 4.69) is 57.7 Å². The second-order valence-electron chi connectivity index (χ2n) is 6.47. The summed E-state index contributed by atoms with van der Waals surface area (Å²) in [7, 11) is 0. The van der Waals surface area contributed by atoms with Crippen LogP contribution in [0.1, 0.15) is 38.3 Å². The van der Waals surface area contributed by atoms with Gasteiger partial charge in [0, 0.05) is 19.5 Å². The summed E-state index contributed by atoms with van der Waals surface area (Å²) in [6.07, 6.45) is 0.656. The molecule has 104 valence electrons. The Bertz CT molecular complexity index is 447. The molecule has 3 heteroatoms. The molecule has 19 heavy (non-hydrogen) atoms. The Kier molecular flexibility index (Phi) is 4.24. The highest BCUT2D eigenvalue weighted by Crippen LogP contribution is 2.24. The lowest BCUT2D eigenvalue weighted by atomic mass is 9.87. The maximum absolute atomic E-state index is 11.9. The Morgan fingerprint density at radius 3 is 2.37 bits per heavy atom. The van der Waals surface area contributed by atoms with E-state index in [-0.39, 0.29) is 11.3 Å². The first-order valence-electron chi connectivity index (χ1n) is 6.88. The highest BCUT2D eigenvalue weighted by atomic mass is 32.1. The smallest absolute Gasteiger partial charge is 0.223 e. The monoisotopic (exact) mass is 277 g/mol. The Hall–Kier alpha value is -0.960. The molecule has 1 aromatic rings. The van der Waals surface area contributed by atoms with Gasteiger partial charge in [-0.05, 0) is 28.2 Å². The Morgan fingerprint density at radius 2 is 1.89 bits per heavy atom. The molecule has 1 saturated heterocycles. The average molecular weight is 277 g/mol. The van der Waals surface area contributed by atoms with Crippen LogP contribution < -0.4 is 0 Å². The topological polar surface area (TPSA) is 20.3 Å². The predicted molar refractivity (Wildman–Crippen MR) is 82.5 cm³/mol. The molecule has 0 aromatic heterocycles. The largest absolute Gasteiger partial charge is 0.338 e. The average Bonchev–Trinajstić information content (AvgIpc) is 2.70. The van der Waals surface area contributed by atoms with Gasteiger partial charge in [0.05, 0.1) is 0 Å². The van der Waals surface area contributed by atoms with Crippen molar-refractivity contribution in [1.82, 2.24) is 4.90 Å². The molecule has 1 fully saturated rings. The van der Waals surface area contributed by atoms with Gasteiger partial charge in [0.15, 0.2) is 0 Å². The second-order valence-corrected chi connectivity index (χ2v) is 6.84. The maximum Gasteiger partial charge on any atom is 0.223 e. The number of hydrogen-bond donors (Lipinski definition) is 1. The van der Waals surface area contributed by atoms with Crippen molar-refractivity contribution in [2.45, 2.75) is 39.2 Å². The van der Waals surface area contributed by atoms with Gasteiger partial charge in [0.1, 0.15) is 0 Å². The first kappa shape index (κ1) is 14.4. The van der Waals surface area contributed by atoms with Crippen molar-refractivity contribution >= 4 is 18.5 Å². The van der Waals surface area contributed by atoms with Gasteiger partial charge in [-0.3, -0.25) is 4.79 Å². The minimum Gasteiger partial charge on any atom is -0.338 e. The van der Waals surface area contributed by atoms with Crippen molar-refractivity contribution in [1.29, 1.82) is 0 Å². The highest BCUT2D eigenvalue weighted by molar-refractivity contribution is 7.80. The van der Waals surface area contributed by atoms with Crippen LogP contribution in [0.5, 0.6) is 0 Å². The third-order valence-electron chi connectivity index (χ3n) is 3.75. The molecule has 2 rings (SSSR count). The Labute approximate surface area is 121 Å².